The Hall–Kier alpha value is -2.37. The Bertz CT molecular complexity index is 728. The van der Waals surface area contributed by atoms with E-state index in [0.717, 1.165) is 57.0 Å². The lowest BCUT2D eigenvalue weighted by Crippen LogP contribution is -2.46. The summed E-state index contributed by atoms with van der Waals surface area (Å²) in [6.07, 6.45) is 0.967. The normalized spacial score (nSPS) is 15.3. The molecule has 0 atom stereocenters. The minimum atomic E-state index is -0.0593. The summed E-state index contributed by atoms with van der Waals surface area (Å²) in [4.78, 5) is 16.9. The Labute approximate surface area is 168 Å². The number of carbonyl (C=O) groups excluding carboxylic acids is 1. The number of amides is 1. The molecule has 0 unspecified atom stereocenters. The maximum absolute atomic E-state index is 11.9. The lowest BCUT2D eigenvalue weighted by molar-refractivity contribution is -0.123. The van der Waals surface area contributed by atoms with Gasteiger partial charge in [0.05, 0.1) is 0 Å². The van der Waals surface area contributed by atoms with E-state index in [2.05, 4.69) is 45.4 Å². The van der Waals surface area contributed by atoms with Gasteiger partial charge >= 0.3 is 0 Å². The molecule has 0 aliphatic carbocycles. The van der Waals surface area contributed by atoms with E-state index in [4.69, 9.17) is 4.74 Å². The third-order valence-electron chi connectivity index (χ3n) is 5.14. The van der Waals surface area contributed by atoms with Gasteiger partial charge in [-0.15, -0.1) is 0 Å². The Balaban J connectivity index is 1.25. The molecule has 5 heteroatoms. The highest BCUT2D eigenvalue weighted by Gasteiger charge is 2.16. The van der Waals surface area contributed by atoms with Crippen LogP contribution in [0, 0.1) is 6.92 Å². The number of nitrogens with zero attached hydrogens (tertiary/aromatic N) is 2. The molecule has 0 saturated carbocycles. The molecule has 0 bridgehead atoms. The minimum Gasteiger partial charge on any atom is -0.484 e. The number of hydrogen-bond donors (Lipinski definition) is 1. The van der Waals surface area contributed by atoms with E-state index in [-0.39, 0.29) is 12.5 Å². The number of para-hydroxylation sites is 1. The van der Waals surface area contributed by atoms with Crippen molar-refractivity contribution in [3.05, 3.63) is 65.7 Å². The van der Waals surface area contributed by atoms with Crippen molar-refractivity contribution in [1.82, 2.24) is 15.1 Å². The van der Waals surface area contributed by atoms with Crippen LogP contribution in [-0.4, -0.2) is 61.6 Å². The number of benzene rings is 2. The number of piperazine rings is 1. The van der Waals surface area contributed by atoms with Crippen LogP contribution in [0.1, 0.15) is 17.5 Å². The van der Waals surface area contributed by atoms with Gasteiger partial charge in [-0.1, -0.05) is 48.5 Å². The average Bonchev–Trinajstić information content (AvgIpc) is 2.72. The third-order valence-corrected chi connectivity index (χ3v) is 5.14. The van der Waals surface area contributed by atoms with Crippen molar-refractivity contribution in [1.29, 1.82) is 0 Å². The van der Waals surface area contributed by atoms with Crippen LogP contribution in [-0.2, 0) is 11.3 Å². The van der Waals surface area contributed by atoms with Crippen molar-refractivity contribution in [3.8, 4) is 5.75 Å². The predicted molar refractivity (Wildman–Crippen MR) is 112 cm³/mol. The molecular weight excluding hydrogens is 350 g/mol. The first-order valence-corrected chi connectivity index (χ1v) is 10.1. The van der Waals surface area contributed by atoms with E-state index in [0.29, 0.717) is 6.54 Å². The van der Waals surface area contributed by atoms with E-state index in [9.17, 15) is 4.79 Å². The largest absolute Gasteiger partial charge is 0.484 e. The fraction of sp³-hybridized carbons (Fsp3) is 0.435. The highest BCUT2D eigenvalue weighted by atomic mass is 16.5. The fourth-order valence-corrected chi connectivity index (χ4v) is 3.46. The number of nitrogens with one attached hydrogen (secondary N) is 1. The van der Waals surface area contributed by atoms with Crippen LogP contribution < -0.4 is 10.1 Å². The molecule has 0 radical (unpaired) electrons. The molecule has 1 aliphatic rings. The van der Waals surface area contributed by atoms with Crippen molar-refractivity contribution in [3.63, 3.8) is 0 Å². The van der Waals surface area contributed by atoms with Crippen molar-refractivity contribution >= 4 is 5.91 Å². The third kappa shape index (κ3) is 6.66. The van der Waals surface area contributed by atoms with Gasteiger partial charge in [-0.25, -0.2) is 0 Å². The zero-order valence-corrected chi connectivity index (χ0v) is 16.8. The van der Waals surface area contributed by atoms with Gasteiger partial charge in [0, 0.05) is 39.3 Å². The predicted octanol–water partition coefficient (Wildman–Crippen LogP) is 2.70. The molecule has 1 amide bonds. The van der Waals surface area contributed by atoms with Gasteiger partial charge in [-0.3, -0.25) is 9.69 Å². The van der Waals surface area contributed by atoms with Gasteiger partial charge < -0.3 is 15.0 Å². The molecule has 28 heavy (non-hydrogen) atoms. The molecule has 0 spiro atoms. The number of ether oxygens (including phenoxy) is 1. The second kappa shape index (κ2) is 10.8. The molecular formula is C23H31N3O2. The van der Waals surface area contributed by atoms with Gasteiger partial charge in [-0.05, 0) is 37.1 Å². The fourth-order valence-electron chi connectivity index (χ4n) is 3.46. The van der Waals surface area contributed by atoms with E-state index in [1.54, 1.807) is 0 Å². The first-order chi connectivity index (χ1) is 13.7. The summed E-state index contributed by atoms with van der Waals surface area (Å²) in [5, 5.41) is 2.95. The molecule has 2 aromatic rings. The second-order valence-corrected chi connectivity index (χ2v) is 7.36. The summed E-state index contributed by atoms with van der Waals surface area (Å²) < 4.78 is 5.58. The van der Waals surface area contributed by atoms with Crippen molar-refractivity contribution in [2.24, 2.45) is 0 Å². The zero-order chi connectivity index (χ0) is 19.6. The molecule has 1 aliphatic heterocycles. The Morgan fingerprint density at radius 3 is 2.39 bits per heavy atom. The number of carbonyl (C=O) groups is 1. The molecule has 2 aromatic carbocycles. The highest BCUT2D eigenvalue weighted by Crippen LogP contribution is 2.15. The molecule has 0 aromatic heterocycles. The molecule has 3 rings (SSSR count). The Morgan fingerprint density at radius 2 is 1.64 bits per heavy atom. The lowest BCUT2D eigenvalue weighted by atomic mass is 10.2. The average molecular weight is 382 g/mol. The summed E-state index contributed by atoms with van der Waals surface area (Å²) in [5.74, 6) is 0.710. The Morgan fingerprint density at radius 1 is 0.964 bits per heavy atom. The summed E-state index contributed by atoms with van der Waals surface area (Å²) in [7, 11) is 0. The van der Waals surface area contributed by atoms with E-state index in [1.165, 1.54) is 5.56 Å². The monoisotopic (exact) mass is 381 g/mol. The number of hydrogen-bond acceptors (Lipinski definition) is 4. The standard InChI is InChI=1S/C23H31N3O2/c1-20-8-5-6-11-22(20)28-19-23(27)24-12-7-13-25-14-16-26(17-15-25)18-21-9-3-2-4-10-21/h2-6,8-11H,7,12-19H2,1H3,(H,24,27). The van der Waals surface area contributed by atoms with Crippen LogP contribution in [0.3, 0.4) is 0 Å². The molecule has 1 heterocycles. The zero-order valence-electron chi connectivity index (χ0n) is 16.8. The van der Waals surface area contributed by atoms with Crippen LogP contribution in [0.25, 0.3) is 0 Å². The maximum atomic E-state index is 11.9. The number of aryl methyl sites for hydroxylation is 1. The maximum Gasteiger partial charge on any atom is 0.257 e. The minimum absolute atomic E-state index is 0.0593. The SMILES string of the molecule is Cc1ccccc1OCC(=O)NCCCN1CCN(Cc2ccccc2)CC1. The summed E-state index contributed by atoms with van der Waals surface area (Å²) in [6, 6.07) is 18.4. The lowest BCUT2D eigenvalue weighted by Gasteiger charge is -2.34. The summed E-state index contributed by atoms with van der Waals surface area (Å²) in [5.41, 5.74) is 2.42. The smallest absolute Gasteiger partial charge is 0.257 e. The molecule has 5 nitrogen and oxygen atoms in total. The van der Waals surface area contributed by atoms with Crippen molar-refractivity contribution in [2.45, 2.75) is 19.9 Å². The van der Waals surface area contributed by atoms with E-state index >= 15 is 0 Å². The summed E-state index contributed by atoms with van der Waals surface area (Å²) >= 11 is 0. The van der Waals surface area contributed by atoms with Gasteiger partial charge in [-0.2, -0.15) is 0 Å². The van der Waals surface area contributed by atoms with Gasteiger partial charge in [0.1, 0.15) is 5.75 Å². The Kier molecular flexibility index (Phi) is 7.88. The van der Waals surface area contributed by atoms with Gasteiger partial charge in [0.15, 0.2) is 6.61 Å². The first kappa shape index (κ1) is 20.4. The molecule has 1 N–H and O–H groups in total. The topological polar surface area (TPSA) is 44.8 Å². The van der Waals surface area contributed by atoms with Crippen LogP contribution in [0.15, 0.2) is 54.6 Å². The molecule has 1 saturated heterocycles. The molecule has 1 fully saturated rings. The van der Waals surface area contributed by atoms with Crippen molar-refractivity contribution < 1.29 is 9.53 Å². The first-order valence-electron chi connectivity index (χ1n) is 10.1. The second-order valence-electron chi connectivity index (χ2n) is 7.36. The van der Waals surface area contributed by atoms with Crippen LogP contribution >= 0.6 is 0 Å². The van der Waals surface area contributed by atoms with E-state index in [1.807, 2.05) is 31.2 Å². The van der Waals surface area contributed by atoms with Crippen LogP contribution in [0.4, 0.5) is 0 Å². The quantitative estimate of drug-likeness (QED) is 0.679. The van der Waals surface area contributed by atoms with Crippen molar-refractivity contribution in [2.75, 3.05) is 45.9 Å². The number of rotatable bonds is 9. The highest BCUT2D eigenvalue weighted by molar-refractivity contribution is 5.77. The van der Waals surface area contributed by atoms with Crippen LogP contribution in [0.2, 0.25) is 0 Å². The van der Waals surface area contributed by atoms with Gasteiger partial charge in [0.25, 0.3) is 5.91 Å². The molecule has 150 valence electrons. The summed E-state index contributed by atoms with van der Waals surface area (Å²) in [6.45, 7) is 9.20. The van der Waals surface area contributed by atoms with Crippen LogP contribution in [0.5, 0.6) is 5.75 Å². The van der Waals surface area contributed by atoms with Gasteiger partial charge in [0.2, 0.25) is 0 Å². The van der Waals surface area contributed by atoms with E-state index < -0.39 is 0 Å².